The fraction of sp³-hybridized carbons (Fsp3) is 0.136. The van der Waals surface area contributed by atoms with Crippen molar-refractivity contribution in [3.05, 3.63) is 87.5 Å². The summed E-state index contributed by atoms with van der Waals surface area (Å²) in [7, 11) is -4.05. The molecule has 0 fully saturated rings. The van der Waals surface area contributed by atoms with Crippen LogP contribution in [0.3, 0.4) is 0 Å². The molecule has 0 aromatic heterocycles. The van der Waals surface area contributed by atoms with Crippen LogP contribution in [0, 0.1) is 24.0 Å². The molecule has 3 aromatic carbocycles. The number of rotatable bonds is 7. The second-order valence-electron chi connectivity index (χ2n) is 7.19. The molecular weight excluding hydrogens is 432 g/mol. The Morgan fingerprint density at radius 1 is 1.03 bits per heavy atom. The van der Waals surface area contributed by atoms with Gasteiger partial charge in [0.25, 0.3) is 15.7 Å². The Labute approximate surface area is 185 Å². The van der Waals surface area contributed by atoms with E-state index in [9.17, 15) is 23.6 Å². The summed E-state index contributed by atoms with van der Waals surface area (Å²) in [6.07, 6.45) is 0. The molecule has 0 spiro atoms. The molecule has 10 heteroatoms. The van der Waals surface area contributed by atoms with Crippen LogP contribution in [0.15, 0.2) is 70.7 Å². The van der Waals surface area contributed by atoms with Crippen molar-refractivity contribution in [1.82, 2.24) is 0 Å². The highest BCUT2D eigenvalue weighted by Gasteiger charge is 2.22. The van der Waals surface area contributed by atoms with Gasteiger partial charge in [-0.2, -0.15) is 5.10 Å². The summed E-state index contributed by atoms with van der Waals surface area (Å²) in [5, 5.41) is 25.6. The molecule has 9 nitrogen and oxygen atoms in total. The van der Waals surface area contributed by atoms with E-state index in [-0.39, 0.29) is 16.3 Å². The van der Waals surface area contributed by atoms with Crippen molar-refractivity contribution in [2.45, 2.75) is 25.7 Å². The summed E-state index contributed by atoms with van der Waals surface area (Å²) in [6, 6.07) is 15.3. The molecule has 0 radical (unpaired) electrons. The van der Waals surface area contributed by atoms with Gasteiger partial charge in [0.2, 0.25) is 0 Å². The predicted molar refractivity (Wildman–Crippen MR) is 124 cm³/mol. The van der Waals surface area contributed by atoms with Crippen molar-refractivity contribution in [3.8, 4) is 5.75 Å². The lowest BCUT2D eigenvalue weighted by Crippen LogP contribution is -2.14. The van der Waals surface area contributed by atoms with E-state index in [4.69, 9.17) is 0 Å². The van der Waals surface area contributed by atoms with E-state index in [0.29, 0.717) is 17.0 Å². The van der Waals surface area contributed by atoms with E-state index in [1.807, 2.05) is 13.0 Å². The monoisotopic (exact) mass is 454 g/mol. The van der Waals surface area contributed by atoms with Gasteiger partial charge in [-0.05, 0) is 56.7 Å². The zero-order valence-electron chi connectivity index (χ0n) is 17.7. The van der Waals surface area contributed by atoms with Crippen LogP contribution in [-0.4, -0.2) is 24.2 Å². The third-order valence-electron chi connectivity index (χ3n) is 4.74. The molecule has 3 N–H and O–H groups in total. The van der Waals surface area contributed by atoms with E-state index in [0.717, 1.165) is 17.2 Å². The largest absolute Gasteiger partial charge is 0.507 e. The summed E-state index contributed by atoms with van der Waals surface area (Å²) in [6.45, 7) is 5.29. The first-order chi connectivity index (χ1) is 15.1. The predicted octanol–water partition coefficient (Wildman–Crippen LogP) is 4.55. The number of sulfonamides is 1. The Morgan fingerprint density at radius 2 is 1.72 bits per heavy atom. The van der Waals surface area contributed by atoms with Crippen molar-refractivity contribution in [2.75, 3.05) is 10.1 Å². The minimum absolute atomic E-state index is 0.00948. The molecule has 0 saturated heterocycles. The molecule has 3 rings (SSSR count). The fourth-order valence-electron chi connectivity index (χ4n) is 3.04. The maximum absolute atomic E-state index is 12.8. The van der Waals surface area contributed by atoms with Gasteiger partial charge in [0.1, 0.15) is 11.4 Å². The van der Waals surface area contributed by atoms with E-state index in [1.165, 1.54) is 18.2 Å². The molecule has 32 heavy (non-hydrogen) atoms. The quantitative estimate of drug-likeness (QED) is 0.272. The van der Waals surface area contributed by atoms with Gasteiger partial charge in [-0.15, -0.1) is 0 Å². The normalized spacial score (nSPS) is 11.8. The smallest absolute Gasteiger partial charge is 0.295 e. The highest BCUT2D eigenvalue weighted by molar-refractivity contribution is 7.92. The molecule has 0 bridgehead atoms. The van der Waals surface area contributed by atoms with Gasteiger partial charge in [-0.3, -0.25) is 20.3 Å². The van der Waals surface area contributed by atoms with Crippen LogP contribution in [0.1, 0.15) is 23.6 Å². The Morgan fingerprint density at radius 3 is 2.38 bits per heavy atom. The average Bonchev–Trinajstić information content (AvgIpc) is 2.74. The van der Waals surface area contributed by atoms with E-state index < -0.39 is 20.6 Å². The van der Waals surface area contributed by atoms with Crippen LogP contribution < -0.4 is 10.1 Å². The first kappa shape index (κ1) is 22.8. The fourth-order valence-corrected chi connectivity index (χ4v) is 4.19. The van der Waals surface area contributed by atoms with E-state index in [1.54, 1.807) is 44.2 Å². The number of phenols is 1. The lowest BCUT2D eigenvalue weighted by Gasteiger charge is -2.12. The maximum Gasteiger partial charge on any atom is 0.295 e. The van der Waals surface area contributed by atoms with Gasteiger partial charge in [-0.25, -0.2) is 8.42 Å². The van der Waals surface area contributed by atoms with Crippen LogP contribution in [-0.2, 0) is 10.0 Å². The second-order valence-corrected chi connectivity index (χ2v) is 8.87. The van der Waals surface area contributed by atoms with Gasteiger partial charge in [0, 0.05) is 11.6 Å². The van der Waals surface area contributed by atoms with Crippen molar-refractivity contribution >= 4 is 32.8 Å². The highest BCUT2D eigenvalue weighted by Crippen LogP contribution is 2.29. The number of hydrazone groups is 1. The molecule has 0 aliphatic rings. The summed E-state index contributed by atoms with van der Waals surface area (Å²) in [4.78, 5) is 10.6. The number of nitrogens with one attached hydrogen (secondary N) is 2. The third-order valence-corrected chi connectivity index (χ3v) is 6.10. The van der Waals surface area contributed by atoms with Gasteiger partial charge in [0.05, 0.1) is 21.2 Å². The standard InChI is InChI=1S/C22H22N4O5S/c1-14-8-10-19(15(2)12-14)25-32(30,31)17-9-11-20(21(13-17)26(28)29)24-23-16(3)18-6-4-5-7-22(18)27/h4-13,24-25,27H,1-3H3/b23-16+. The lowest BCUT2D eigenvalue weighted by molar-refractivity contribution is -0.384. The van der Waals surface area contributed by atoms with Crippen LogP contribution in [0.25, 0.3) is 0 Å². The zero-order chi connectivity index (χ0) is 23.5. The molecule has 3 aromatic rings. The average molecular weight is 455 g/mol. The molecule has 0 amide bonds. The van der Waals surface area contributed by atoms with Crippen LogP contribution in [0.5, 0.6) is 5.75 Å². The highest BCUT2D eigenvalue weighted by atomic mass is 32.2. The van der Waals surface area contributed by atoms with E-state index >= 15 is 0 Å². The van der Waals surface area contributed by atoms with Crippen LogP contribution in [0.4, 0.5) is 17.1 Å². The van der Waals surface area contributed by atoms with Crippen molar-refractivity contribution in [1.29, 1.82) is 0 Å². The van der Waals surface area contributed by atoms with Crippen molar-refractivity contribution in [3.63, 3.8) is 0 Å². The van der Waals surface area contributed by atoms with E-state index in [2.05, 4.69) is 15.2 Å². The Bertz CT molecular complexity index is 1320. The number of aryl methyl sites for hydroxylation is 2. The Balaban J connectivity index is 1.91. The van der Waals surface area contributed by atoms with Crippen LogP contribution >= 0.6 is 0 Å². The second kappa shape index (κ2) is 9.06. The number of phenolic OH excluding ortho intramolecular Hbond substituents is 1. The topological polar surface area (TPSA) is 134 Å². The third kappa shape index (κ3) is 5.03. The number of aromatic hydroxyl groups is 1. The summed E-state index contributed by atoms with van der Waals surface area (Å²) in [5.74, 6) is 0.0176. The first-order valence-corrected chi connectivity index (χ1v) is 11.0. The number of hydrogen-bond donors (Lipinski definition) is 3. The molecule has 0 aliphatic heterocycles. The number of nitro benzene ring substituents is 1. The molecule has 0 saturated carbocycles. The van der Waals surface area contributed by atoms with Gasteiger partial charge in [0.15, 0.2) is 0 Å². The molecule has 0 atom stereocenters. The molecule has 0 aliphatic carbocycles. The number of anilines is 2. The number of nitrogens with zero attached hydrogens (tertiary/aromatic N) is 2. The molecule has 166 valence electrons. The number of hydrogen-bond acceptors (Lipinski definition) is 7. The zero-order valence-corrected chi connectivity index (χ0v) is 18.5. The Kier molecular flexibility index (Phi) is 6.45. The van der Waals surface area contributed by atoms with Crippen LogP contribution in [0.2, 0.25) is 0 Å². The first-order valence-electron chi connectivity index (χ1n) is 9.55. The lowest BCUT2D eigenvalue weighted by atomic mass is 10.1. The van der Waals surface area contributed by atoms with Crippen molar-refractivity contribution in [2.24, 2.45) is 5.10 Å². The molecule has 0 heterocycles. The number of benzene rings is 3. The number of nitro groups is 1. The molecule has 0 unspecified atom stereocenters. The van der Waals surface area contributed by atoms with Gasteiger partial charge < -0.3 is 5.11 Å². The summed E-state index contributed by atoms with van der Waals surface area (Å²) >= 11 is 0. The SMILES string of the molecule is C/C(=N\Nc1ccc(S(=O)(=O)Nc2ccc(C)cc2C)cc1[N+](=O)[O-])c1ccccc1O. The van der Waals surface area contributed by atoms with Gasteiger partial charge in [-0.1, -0.05) is 29.8 Å². The minimum Gasteiger partial charge on any atom is -0.507 e. The molecular formula is C22H22N4O5S. The number of para-hydroxylation sites is 1. The summed E-state index contributed by atoms with van der Waals surface area (Å²) < 4.78 is 28.1. The Hall–Kier alpha value is -3.92. The van der Waals surface area contributed by atoms with Crippen molar-refractivity contribution < 1.29 is 18.4 Å². The van der Waals surface area contributed by atoms with Gasteiger partial charge >= 0.3 is 0 Å². The summed E-state index contributed by atoms with van der Waals surface area (Å²) in [5.41, 5.74) is 5.10. The minimum atomic E-state index is -4.05. The maximum atomic E-state index is 12.8.